The van der Waals surface area contributed by atoms with Crippen molar-refractivity contribution in [2.45, 2.75) is 32.7 Å². The molecule has 2 rings (SSSR count). The molecule has 1 aromatic rings. The molecule has 0 unspecified atom stereocenters. The van der Waals surface area contributed by atoms with Crippen LogP contribution in [-0.4, -0.2) is 47.6 Å². The molecule has 0 aliphatic carbocycles. The number of aryl methyl sites for hydroxylation is 1. The van der Waals surface area contributed by atoms with Crippen LogP contribution in [-0.2, 0) is 0 Å². The van der Waals surface area contributed by atoms with Crippen molar-refractivity contribution in [3.05, 3.63) is 11.8 Å². The summed E-state index contributed by atoms with van der Waals surface area (Å²) >= 11 is 0. The molecule has 6 heteroatoms. The first-order chi connectivity index (χ1) is 9.15. The fraction of sp³-hybridized carbons (Fsp3) is 0.692. The minimum atomic E-state index is 0.471. The van der Waals surface area contributed by atoms with Crippen molar-refractivity contribution in [3.8, 4) is 0 Å². The molecule has 106 valence electrons. The maximum Gasteiger partial charge on any atom is 0.239 e. The molecule has 0 saturated carbocycles. The average molecular weight is 264 g/mol. The molecule has 6 nitrogen and oxygen atoms in total. The average Bonchev–Trinajstić information content (AvgIpc) is 2.47. The summed E-state index contributed by atoms with van der Waals surface area (Å²) < 4.78 is 0. The predicted octanol–water partition coefficient (Wildman–Crippen LogP) is 0.991. The number of rotatable bonds is 4. The van der Waals surface area contributed by atoms with Crippen molar-refractivity contribution >= 4 is 11.8 Å². The highest BCUT2D eigenvalue weighted by atomic mass is 15.3. The van der Waals surface area contributed by atoms with Crippen LogP contribution >= 0.6 is 0 Å². The quantitative estimate of drug-likeness (QED) is 0.624. The van der Waals surface area contributed by atoms with E-state index >= 15 is 0 Å². The van der Waals surface area contributed by atoms with E-state index in [1.165, 1.54) is 12.8 Å². The van der Waals surface area contributed by atoms with Gasteiger partial charge in [-0.2, -0.15) is 4.98 Å². The van der Waals surface area contributed by atoms with Crippen molar-refractivity contribution in [1.82, 2.24) is 14.9 Å². The van der Waals surface area contributed by atoms with Crippen LogP contribution in [0, 0.1) is 6.92 Å². The Bertz CT molecular complexity index is 414. The third kappa shape index (κ3) is 3.13. The second-order valence-electron chi connectivity index (χ2n) is 5.12. The minimum absolute atomic E-state index is 0.471. The molecule has 1 aromatic heterocycles. The number of nitrogens with one attached hydrogen (secondary N) is 1. The zero-order valence-corrected chi connectivity index (χ0v) is 12.1. The first-order valence-electron chi connectivity index (χ1n) is 6.91. The molecule has 1 aliphatic rings. The molecule has 0 radical (unpaired) electrons. The second-order valence-corrected chi connectivity index (χ2v) is 5.12. The number of aromatic nitrogens is 2. The molecule has 2 heterocycles. The van der Waals surface area contributed by atoms with Crippen LogP contribution in [0.2, 0.25) is 0 Å². The van der Waals surface area contributed by atoms with Gasteiger partial charge in [-0.3, -0.25) is 5.43 Å². The van der Waals surface area contributed by atoms with Gasteiger partial charge in [0.05, 0.1) is 0 Å². The van der Waals surface area contributed by atoms with Crippen molar-refractivity contribution in [3.63, 3.8) is 0 Å². The first-order valence-corrected chi connectivity index (χ1v) is 6.91. The normalized spacial score (nSPS) is 17.5. The summed E-state index contributed by atoms with van der Waals surface area (Å²) in [6.45, 7) is 7.73. The second kappa shape index (κ2) is 6.16. The van der Waals surface area contributed by atoms with Crippen LogP contribution in [0.1, 0.15) is 25.3 Å². The maximum atomic E-state index is 5.38. The SMILES string of the molecule is CCN1CCC(N(C)c2nc(NN)ncc2C)CC1. The summed E-state index contributed by atoms with van der Waals surface area (Å²) in [7, 11) is 2.11. The van der Waals surface area contributed by atoms with Gasteiger partial charge in [0.15, 0.2) is 0 Å². The Hall–Kier alpha value is -1.40. The van der Waals surface area contributed by atoms with Crippen LogP contribution in [0.25, 0.3) is 0 Å². The van der Waals surface area contributed by atoms with Crippen LogP contribution in [0.4, 0.5) is 11.8 Å². The third-order valence-electron chi connectivity index (χ3n) is 3.96. The highest BCUT2D eigenvalue weighted by Gasteiger charge is 2.23. The van der Waals surface area contributed by atoms with Crippen LogP contribution in [0.15, 0.2) is 6.20 Å². The zero-order valence-electron chi connectivity index (χ0n) is 12.1. The number of hydrazine groups is 1. The van der Waals surface area contributed by atoms with Crippen LogP contribution in [0.3, 0.4) is 0 Å². The van der Waals surface area contributed by atoms with Gasteiger partial charge in [0.1, 0.15) is 5.82 Å². The zero-order chi connectivity index (χ0) is 13.8. The van der Waals surface area contributed by atoms with Gasteiger partial charge < -0.3 is 9.80 Å². The molecule has 0 aromatic carbocycles. The summed E-state index contributed by atoms with van der Waals surface area (Å²) in [6.07, 6.45) is 4.17. The van der Waals surface area contributed by atoms with Crippen LogP contribution in [0.5, 0.6) is 0 Å². The number of nitrogens with two attached hydrogens (primary N) is 1. The predicted molar refractivity (Wildman–Crippen MR) is 78.1 cm³/mol. The molecule has 0 spiro atoms. The molecule has 0 amide bonds. The largest absolute Gasteiger partial charge is 0.356 e. The van der Waals surface area contributed by atoms with E-state index in [-0.39, 0.29) is 0 Å². The Balaban J connectivity index is 2.09. The van der Waals surface area contributed by atoms with Gasteiger partial charge in [-0.1, -0.05) is 6.92 Å². The Kier molecular flexibility index (Phi) is 4.55. The van der Waals surface area contributed by atoms with E-state index in [0.717, 1.165) is 31.0 Å². The van der Waals surface area contributed by atoms with Crippen molar-refractivity contribution < 1.29 is 0 Å². The van der Waals surface area contributed by atoms with Gasteiger partial charge in [-0.15, -0.1) is 0 Å². The highest BCUT2D eigenvalue weighted by molar-refractivity contribution is 5.49. The van der Waals surface area contributed by atoms with Gasteiger partial charge >= 0.3 is 0 Å². The lowest BCUT2D eigenvalue weighted by Crippen LogP contribution is -2.43. The highest BCUT2D eigenvalue weighted by Crippen LogP contribution is 2.23. The van der Waals surface area contributed by atoms with Gasteiger partial charge in [0.25, 0.3) is 0 Å². The van der Waals surface area contributed by atoms with E-state index in [1.807, 2.05) is 13.1 Å². The maximum absolute atomic E-state index is 5.38. The number of piperidine rings is 1. The van der Waals surface area contributed by atoms with Gasteiger partial charge in [0, 0.05) is 37.9 Å². The van der Waals surface area contributed by atoms with E-state index in [1.54, 1.807) is 0 Å². The summed E-state index contributed by atoms with van der Waals surface area (Å²) in [6, 6.07) is 0.544. The number of nitrogens with zero attached hydrogens (tertiary/aromatic N) is 4. The molecule has 3 N–H and O–H groups in total. The van der Waals surface area contributed by atoms with Gasteiger partial charge in [-0.05, 0) is 26.3 Å². The van der Waals surface area contributed by atoms with Gasteiger partial charge in [0.2, 0.25) is 5.95 Å². The number of hydrogen-bond acceptors (Lipinski definition) is 6. The molecule has 1 saturated heterocycles. The lowest BCUT2D eigenvalue weighted by molar-refractivity contribution is 0.220. The number of likely N-dealkylation sites (tertiary alicyclic amines) is 1. The van der Waals surface area contributed by atoms with Gasteiger partial charge in [-0.25, -0.2) is 10.8 Å². The van der Waals surface area contributed by atoms with E-state index in [4.69, 9.17) is 5.84 Å². The first kappa shape index (κ1) is 14.0. The number of anilines is 2. The van der Waals surface area contributed by atoms with E-state index in [2.05, 4.69) is 39.2 Å². The Morgan fingerprint density at radius 3 is 2.74 bits per heavy atom. The molecular formula is C13H24N6. The van der Waals surface area contributed by atoms with Crippen molar-refractivity contribution in [2.24, 2.45) is 5.84 Å². The summed E-state index contributed by atoms with van der Waals surface area (Å²) in [5.41, 5.74) is 3.59. The standard InChI is InChI=1S/C13H24N6/c1-4-19-7-5-11(6-8-19)18(3)12-10(2)9-15-13(16-12)17-14/h9,11H,4-8,14H2,1-3H3,(H,15,16,17). The Labute approximate surface area is 115 Å². The smallest absolute Gasteiger partial charge is 0.239 e. The monoisotopic (exact) mass is 264 g/mol. The molecular weight excluding hydrogens is 240 g/mol. The van der Waals surface area contributed by atoms with Crippen molar-refractivity contribution in [1.29, 1.82) is 0 Å². The minimum Gasteiger partial charge on any atom is -0.356 e. The van der Waals surface area contributed by atoms with E-state index < -0.39 is 0 Å². The fourth-order valence-electron chi connectivity index (χ4n) is 2.66. The molecule has 1 fully saturated rings. The lowest BCUT2D eigenvalue weighted by Gasteiger charge is -2.37. The molecule has 0 bridgehead atoms. The molecule has 0 atom stereocenters. The summed E-state index contributed by atoms with van der Waals surface area (Å²) in [5.74, 6) is 6.82. The topological polar surface area (TPSA) is 70.3 Å². The van der Waals surface area contributed by atoms with E-state index in [0.29, 0.717) is 12.0 Å². The summed E-state index contributed by atoms with van der Waals surface area (Å²) in [5, 5.41) is 0. The third-order valence-corrected chi connectivity index (χ3v) is 3.96. The number of hydrogen-bond donors (Lipinski definition) is 2. The van der Waals surface area contributed by atoms with E-state index in [9.17, 15) is 0 Å². The summed E-state index contributed by atoms with van der Waals surface area (Å²) in [4.78, 5) is 13.4. The van der Waals surface area contributed by atoms with Crippen LogP contribution < -0.4 is 16.2 Å². The number of nitrogen functional groups attached to an aromatic ring is 1. The molecule has 1 aliphatic heterocycles. The van der Waals surface area contributed by atoms with Crippen molar-refractivity contribution in [2.75, 3.05) is 37.0 Å². The molecule has 19 heavy (non-hydrogen) atoms. The Morgan fingerprint density at radius 2 is 2.16 bits per heavy atom. The fourth-order valence-corrected chi connectivity index (χ4v) is 2.66. The Morgan fingerprint density at radius 1 is 1.47 bits per heavy atom. The lowest BCUT2D eigenvalue weighted by atomic mass is 10.0.